The molecule has 0 spiro atoms. The van der Waals surface area contributed by atoms with Crippen molar-refractivity contribution >= 4 is 23.1 Å². The van der Waals surface area contributed by atoms with Gasteiger partial charge in [-0.15, -0.1) is 0 Å². The van der Waals surface area contributed by atoms with Gasteiger partial charge in [-0.2, -0.15) is 5.10 Å². The summed E-state index contributed by atoms with van der Waals surface area (Å²) in [6, 6.07) is 8.79. The molecule has 10 nitrogen and oxygen atoms in total. The van der Waals surface area contributed by atoms with E-state index in [1.807, 2.05) is 19.2 Å². The highest BCUT2D eigenvalue weighted by atomic mass is 19.1. The number of fused-ring (bicyclic) bond motifs is 3. The van der Waals surface area contributed by atoms with Crippen LogP contribution in [-0.2, 0) is 44.8 Å². The first-order valence-electron chi connectivity index (χ1n) is 15.4. The molecule has 1 N–H and O–H groups in total. The Hall–Kier alpha value is -4.22. The van der Waals surface area contributed by atoms with E-state index in [1.54, 1.807) is 28.9 Å². The van der Waals surface area contributed by atoms with E-state index in [4.69, 9.17) is 4.74 Å². The summed E-state index contributed by atoms with van der Waals surface area (Å²) in [7, 11) is 5.58. The number of nitrogens with zero attached hydrogens (tertiary/aromatic N) is 6. The van der Waals surface area contributed by atoms with Crippen LogP contribution in [0.2, 0.25) is 0 Å². The minimum atomic E-state index is -0.482. The number of aromatic nitrogens is 4. The zero-order valence-corrected chi connectivity index (χ0v) is 26.5. The van der Waals surface area contributed by atoms with E-state index >= 15 is 4.39 Å². The number of anilines is 3. The molecule has 1 fully saturated rings. The number of nitrogens with one attached hydrogen (secondary N) is 1. The number of carbonyl (C=O) groups is 1. The van der Waals surface area contributed by atoms with Gasteiger partial charge in [0.2, 0.25) is 0 Å². The second-order valence-corrected chi connectivity index (χ2v) is 13.5. The maximum Gasteiger partial charge on any atom is 0.274 e. The Kier molecular flexibility index (Phi) is 7.01. The van der Waals surface area contributed by atoms with Crippen LogP contribution in [0.25, 0.3) is 11.1 Å². The third kappa shape index (κ3) is 5.17. The van der Waals surface area contributed by atoms with Crippen LogP contribution in [0.1, 0.15) is 46.9 Å². The maximum atomic E-state index is 15.3. The molecule has 1 saturated heterocycles. The Bertz CT molecular complexity index is 1900. The fraction of sp³-hybridized carbons (Fsp3) is 0.412. The molecule has 0 saturated carbocycles. The fourth-order valence-electron chi connectivity index (χ4n) is 6.93. The Balaban J connectivity index is 1.18. The Morgan fingerprint density at radius 2 is 1.89 bits per heavy atom. The minimum absolute atomic E-state index is 0.154. The molecule has 3 aromatic heterocycles. The lowest BCUT2D eigenvalue weighted by atomic mass is 9.90. The number of likely N-dealkylation sites (N-methyl/N-ethyl adjacent to an activating group) is 1. The zero-order chi connectivity index (χ0) is 31.8. The highest BCUT2D eigenvalue weighted by Gasteiger charge is 2.37. The highest BCUT2D eigenvalue weighted by Crippen LogP contribution is 2.40. The number of ether oxygens (including phenoxy) is 1. The monoisotopic (exact) mass is 612 g/mol. The SMILES string of the molecule is [CH2]c1c(-c2cc(Nc3cc(CN(C)C4COC4)n(C)n3)c(=O)n(C)c2)cc(F)cc1N1CCn2c(cc3c2CC(C)(C)C3)C1=O. The summed E-state index contributed by atoms with van der Waals surface area (Å²) in [4.78, 5) is 30.8. The van der Waals surface area contributed by atoms with E-state index in [0.29, 0.717) is 65.3 Å². The molecule has 0 atom stereocenters. The van der Waals surface area contributed by atoms with Crippen molar-refractivity contribution in [3.05, 3.63) is 87.8 Å². The van der Waals surface area contributed by atoms with Crippen LogP contribution in [0, 0.1) is 18.2 Å². The smallest absolute Gasteiger partial charge is 0.274 e. The number of hydrogen-bond donors (Lipinski definition) is 1. The summed E-state index contributed by atoms with van der Waals surface area (Å²) >= 11 is 0. The number of pyridine rings is 1. The van der Waals surface area contributed by atoms with Crippen molar-refractivity contribution in [2.24, 2.45) is 19.5 Å². The minimum Gasteiger partial charge on any atom is -0.378 e. The number of aryl methyl sites for hydroxylation is 2. The molecule has 45 heavy (non-hydrogen) atoms. The van der Waals surface area contributed by atoms with Gasteiger partial charge in [0, 0.05) is 57.3 Å². The number of rotatable bonds is 7. The molecule has 1 aromatic carbocycles. The largest absolute Gasteiger partial charge is 0.378 e. The molecule has 1 amide bonds. The predicted molar refractivity (Wildman–Crippen MR) is 171 cm³/mol. The summed E-state index contributed by atoms with van der Waals surface area (Å²) in [5, 5.41) is 7.76. The van der Waals surface area contributed by atoms with Crippen LogP contribution in [0.15, 0.2) is 41.3 Å². The average molecular weight is 613 g/mol. The van der Waals surface area contributed by atoms with Gasteiger partial charge in [0.05, 0.1) is 30.6 Å². The average Bonchev–Trinajstić information content (AvgIpc) is 3.56. The van der Waals surface area contributed by atoms with Crippen LogP contribution in [0.5, 0.6) is 0 Å². The third-order valence-electron chi connectivity index (χ3n) is 9.50. The van der Waals surface area contributed by atoms with Crippen LogP contribution >= 0.6 is 0 Å². The first-order valence-corrected chi connectivity index (χ1v) is 15.4. The molecule has 235 valence electrons. The molecular formula is C34H39FN7O3. The zero-order valence-electron chi connectivity index (χ0n) is 26.5. The van der Waals surface area contributed by atoms with Gasteiger partial charge < -0.3 is 24.1 Å². The summed E-state index contributed by atoms with van der Waals surface area (Å²) in [6.45, 7) is 12.0. The van der Waals surface area contributed by atoms with E-state index in [-0.39, 0.29) is 16.9 Å². The molecule has 1 radical (unpaired) electrons. The Morgan fingerprint density at radius 1 is 1.11 bits per heavy atom. The molecule has 5 heterocycles. The van der Waals surface area contributed by atoms with Crippen molar-refractivity contribution in [3.63, 3.8) is 0 Å². The Labute approximate surface area is 262 Å². The molecule has 2 aliphatic heterocycles. The van der Waals surface area contributed by atoms with Crippen molar-refractivity contribution in [2.75, 3.05) is 37.0 Å². The van der Waals surface area contributed by atoms with Crippen LogP contribution in [0.4, 0.5) is 21.6 Å². The molecule has 11 heteroatoms. The molecular weight excluding hydrogens is 573 g/mol. The maximum absolute atomic E-state index is 15.3. The predicted octanol–water partition coefficient (Wildman–Crippen LogP) is 4.27. The van der Waals surface area contributed by atoms with Gasteiger partial charge in [0.25, 0.3) is 11.5 Å². The van der Waals surface area contributed by atoms with Crippen LogP contribution < -0.4 is 15.8 Å². The van der Waals surface area contributed by atoms with Crippen molar-refractivity contribution in [1.29, 1.82) is 0 Å². The normalized spacial score (nSPS) is 17.5. The standard InChI is InChI=1S/C34H39FN7O3/c1-20-26(11-23(35)12-28(20)42-8-7-41-29(33(42)44)10-21-14-34(2,3)15-30(21)41)22-9-27(32(43)39(5)16-22)36-31-13-24(40(6)37-31)17-38(4)25-18-45-19-25/h9-13,16,25H,1,7-8,14-15,17-19H2,2-6H3,(H,36,37). The van der Waals surface area contributed by atoms with Gasteiger partial charge in [0.1, 0.15) is 17.2 Å². The van der Waals surface area contributed by atoms with E-state index < -0.39 is 5.82 Å². The van der Waals surface area contributed by atoms with Gasteiger partial charge in [-0.05, 0) is 73.2 Å². The molecule has 1 aliphatic carbocycles. The van der Waals surface area contributed by atoms with E-state index in [9.17, 15) is 9.59 Å². The first-order chi connectivity index (χ1) is 21.4. The topological polar surface area (TPSA) is 89.6 Å². The molecule has 3 aliphatic rings. The quantitative estimate of drug-likeness (QED) is 0.336. The van der Waals surface area contributed by atoms with Crippen molar-refractivity contribution in [3.8, 4) is 11.1 Å². The lowest BCUT2D eigenvalue weighted by Gasteiger charge is -2.34. The van der Waals surface area contributed by atoms with E-state index in [2.05, 4.69) is 47.7 Å². The van der Waals surface area contributed by atoms with Gasteiger partial charge in [-0.1, -0.05) is 13.8 Å². The molecule has 7 rings (SSSR count). The number of halogens is 1. The fourth-order valence-corrected chi connectivity index (χ4v) is 6.93. The van der Waals surface area contributed by atoms with Crippen molar-refractivity contribution in [1.82, 2.24) is 23.8 Å². The van der Waals surface area contributed by atoms with Gasteiger partial charge in [-0.25, -0.2) is 4.39 Å². The highest BCUT2D eigenvalue weighted by molar-refractivity contribution is 6.07. The lowest BCUT2D eigenvalue weighted by molar-refractivity contribution is -0.0592. The Morgan fingerprint density at radius 3 is 2.62 bits per heavy atom. The third-order valence-corrected chi connectivity index (χ3v) is 9.50. The lowest BCUT2D eigenvalue weighted by Crippen LogP contribution is -2.46. The van der Waals surface area contributed by atoms with Crippen molar-refractivity contribution in [2.45, 2.75) is 45.8 Å². The van der Waals surface area contributed by atoms with Crippen LogP contribution in [-0.4, -0.2) is 62.6 Å². The summed E-state index contributed by atoms with van der Waals surface area (Å²) in [6.07, 6.45) is 3.54. The second-order valence-electron chi connectivity index (χ2n) is 13.5. The van der Waals surface area contributed by atoms with Gasteiger partial charge in [-0.3, -0.25) is 19.2 Å². The summed E-state index contributed by atoms with van der Waals surface area (Å²) in [5.41, 5.74) is 6.39. The molecule has 0 unspecified atom stereocenters. The summed E-state index contributed by atoms with van der Waals surface area (Å²) in [5.74, 6) is -0.102. The van der Waals surface area contributed by atoms with Gasteiger partial charge >= 0.3 is 0 Å². The number of carbonyl (C=O) groups excluding carboxylic acids is 1. The van der Waals surface area contributed by atoms with Crippen LogP contribution in [0.3, 0.4) is 0 Å². The van der Waals surface area contributed by atoms with E-state index in [0.717, 1.165) is 31.7 Å². The van der Waals surface area contributed by atoms with E-state index in [1.165, 1.54) is 28.0 Å². The second kappa shape index (κ2) is 10.7. The summed E-state index contributed by atoms with van der Waals surface area (Å²) < 4.78 is 26.0. The van der Waals surface area contributed by atoms with Crippen molar-refractivity contribution < 1.29 is 13.9 Å². The number of amides is 1. The first kappa shape index (κ1) is 29.5. The molecule has 4 aromatic rings. The van der Waals surface area contributed by atoms with Gasteiger partial charge in [0.15, 0.2) is 5.82 Å². The number of hydrogen-bond acceptors (Lipinski definition) is 6. The number of benzene rings is 1. The molecule has 0 bridgehead atoms.